The second-order valence-corrected chi connectivity index (χ2v) is 5.49. The van der Waals surface area contributed by atoms with Crippen molar-refractivity contribution < 1.29 is 14.3 Å². The molecule has 0 aromatic heterocycles. The number of ketones is 1. The molecule has 0 saturated carbocycles. The average molecular weight is 275 g/mol. The molecule has 0 amide bonds. The van der Waals surface area contributed by atoms with Crippen molar-refractivity contribution in [3.05, 3.63) is 35.9 Å². The van der Waals surface area contributed by atoms with Crippen molar-refractivity contribution in [2.24, 2.45) is 5.92 Å². The van der Waals surface area contributed by atoms with Crippen LogP contribution in [0.15, 0.2) is 30.3 Å². The lowest BCUT2D eigenvalue weighted by Crippen LogP contribution is -2.45. The number of hydrogen-bond acceptors (Lipinski definition) is 4. The summed E-state index contributed by atoms with van der Waals surface area (Å²) in [5, 5.41) is 3.30. The van der Waals surface area contributed by atoms with E-state index in [2.05, 4.69) is 5.32 Å². The van der Waals surface area contributed by atoms with Crippen LogP contribution in [0.4, 0.5) is 0 Å². The number of esters is 1. The Hall–Kier alpha value is -1.68. The average Bonchev–Trinajstić information content (AvgIpc) is 2.86. The van der Waals surface area contributed by atoms with Crippen LogP contribution in [-0.4, -0.2) is 24.4 Å². The number of benzene rings is 1. The van der Waals surface area contributed by atoms with Gasteiger partial charge in [-0.15, -0.1) is 0 Å². The van der Waals surface area contributed by atoms with Crippen LogP contribution < -0.4 is 5.32 Å². The first-order valence-electron chi connectivity index (χ1n) is 6.95. The third kappa shape index (κ3) is 2.61. The molecule has 1 N–H and O–H groups in total. The van der Waals surface area contributed by atoms with Crippen LogP contribution in [0.5, 0.6) is 0 Å². The minimum Gasteiger partial charge on any atom is -0.468 e. The van der Waals surface area contributed by atoms with E-state index in [-0.39, 0.29) is 23.7 Å². The Bertz CT molecular complexity index is 500. The fourth-order valence-electron chi connectivity index (χ4n) is 2.97. The van der Waals surface area contributed by atoms with E-state index in [0.717, 1.165) is 5.56 Å². The molecule has 0 bridgehead atoms. The maximum atomic E-state index is 12.2. The van der Waals surface area contributed by atoms with Gasteiger partial charge in [-0.2, -0.15) is 0 Å². The van der Waals surface area contributed by atoms with E-state index >= 15 is 0 Å². The summed E-state index contributed by atoms with van der Waals surface area (Å²) in [5.74, 6) is -0.324. The van der Waals surface area contributed by atoms with Crippen molar-refractivity contribution in [1.29, 1.82) is 0 Å². The van der Waals surface area contributed by atoms with Crippen molar-refractivity contribution >= 4 is 11.8 Å². The van der Waals surface area contributed by atoms with Gasteiger partial charge in [-0.05, 0) is 18.9 Å². The molecule has 1 heterocycles. The summed E-state index contributed by atoms with van der Waals surface area (Å²) in [5.41, 5.74) is 0.233. The summed E-state index contributed by atoms with van der Waals surface area (Å²) < 4.78 is 4.87. The summed E-state index contributed by atoms with van der Waals surface area (Å²) in [4.78, 5) is 24.2. The number of methoxy groups -OCH3 is 1. The van der Waals surface area contributed by atoms with Gasteiger partial charge in [0, 0.05) is 18.4 Å². The summed E-state index contributed by atoms with van der Waals surface area (Å²) in [6, 6.07) is 9.66. The molecule has 0 radical (unpaired) electrons. The molecule has 0 aliphatic carbocycles. The van der Waals surface area contributed by atoms with E-state index in [0.29, 0.717) is 12.8 Å². The second-order valence-electron chi connectivity index (χ2n) is 5.49. The molecule has 3 atom stereocenters. The fourth-order valence-corrected chi connectivity index (χ4v) is 2.97. The molecule has 0 unspecified atom stereocenters. The largest absolute Gasteiger partial charge is 0.468 e. The minimum absolute atomic E-state index is 0.132. The number of ether oxygens (including phenoxy) is 1. The van der Waals surface area contributed by atoms with E-state index in [9.17, 15) is 9.59 Å². The quantitative estimate of drug-likeness (QED) is 0.856. The molecule has 1 fully saturated rings. The van der Waals surface area contributed by atoms with Gasteiger partial charge in [0.05, 0.1) is 7.11 Å². The maximum absolute atomic E-state index is 12.2. The van der Waals surface area contributed by atoms with Gasteiger partial charge < -0.3 is 4.74 Å². The summed E-state index contributed by atoms with van der Waals surface area (Å²) in [7, 11) is 1.38. The van der Waals surface area contributed by atoms with Gasteiger partial charge in [-0.1, -0.05) is 37.3 Å². The molecule has 1 aliphatic rings. The first-order chi connectivity index (χ1) is 9.51. The van der Waals surface area contributed by atoms with Gasteiger partial charge in [0.1, 0.15) is 11.3 Å². The number of hydrogen-bond donors (Lipinski definition) is 1. The van der Waals surface area contributed by atoms with Crippen molar-refractivity contribution in [3.8, 4) is 0 Å². The lowest BCUT2D eigenvalue weighted by atomic mass is 9.86. The summed E-state index contributed by atoms with van der Waals surface area (Å²) >= 11 is 0. The highest BCUT2D eigenvalue weighted by Gasteiger charge is 2.49. The first-order valence-corrected chi connectivity index (χ1v) is 6.95. The van der Waals surface area contributed by atoms with Crippen molar-refractivity contribution in [2.45, 2.75) is 38.3 Å². The van der Waals surface area contributed by atoms with Crippen LogP contribution in [0, 0.1) is 5.92 Å². The van der Waals surface area contributed by atoms with Crippen LogP contribution >= 0.6 is 0 Å². The molecular weight excluding hydrogens is 254 g/mol. The van der Waals surface area contributed by atoms with Gasteiger partial charge in [0.25, 0.3) is 0 Å². The number of Topliss-reactive ketones (excluding diaryl/α,β-unsaturated/α-hetero) is 1. The SMILES string of the molecule is CCC(=O)[C@@H]1C[C@](C)(C(=O)OC)N[C@@H]1c1ccccc1. The Labute approximate surface area is 119 Å². The third-order valence-corrected chi connectivity index (χ3v) is 4.06. The van der Waals surface area contributed by atoms with Gasteiger partial charge in [0.15, 0.2) is 0 Å². The molecular formula is C16H21NO3. The highest BCUT2D eigenvalue weighted by atomic mass is 16.5. The van der Waals surface area contributed by atoms with E-state index in [1.807, 2.05) is 37.3 Å². The lowest BCUT2D eigenvalue weighted by Gasteiger charge is -2.22. The van der Waals surface area contributed by atoms with Gasteiger partial charge in [-0.3, -0.25) is 14.9 Å². The van der Waals surface area contributed by atoms with Gasteiger partial charge in [-0.25, -0.2) is 0 Å². The Morgan fingerprint density at radius 2 is 2.00 bits per heavy atom. The molecule has 108 valence electrons. The zero-order valence-corrected chi connectivity index (χ0v) is 12.2. The van der Waals surface area contributed by atoms with E-state index in [1.165, 1.54) is 7.11 Å². The van der Waals surface area contributed by atoms with Crippen LogP contribution in [0.25, 0.3) is 0 Å². The Kier molecular flexibility index (Phi) is 4.23. The van der Waals surface area contributed by atoms with Crippen LogP contribution in [0.2, 0.25) is 0 Å². The first kappa shape index (κ1) is 14.7. The monoisotopic (exact) mass is 275 g/mol. The highest BCUT2D eigenvalue weighted by Crippen LogP contribution is 2.39. The van der Waals surface area contributed by atoms with Crippen molar-refractivity contribution in [3.63, 3.8) is 0 Å². The standard InChI is InChI=1S/C16H21NO3/c1-4-13(18)12-10-16(2,15(19)20-3)17-14(12)11-8-6-5-7-9-11/h5-9,12,14,17H,4,10H2,1-3H3/t12-,14+,16+/m0/s1. The molecule has 2 rings (SSSR count). The van der Waals surface area contributed by atoms with E-state index in [1.54, 1.807) is 6.92 Å². The minimum atomic E-state index is -0.801. The number of carbonyl (C=O) groups excluding carboxylic acids is 2. The van der Waals surface area contributed by atoms with Crippen molar-refractivity contribution in [2.75, 3.05) is 7.11 Å². The Morgan fingerprint density at radius 3 is 2.55 bits per heavy atom. The maximum Gasteiger partial charge on any atom is 0.325 e. The van der Waals surface area contributed by atoms with Crippen LogP contribution in [-0.2, 0) is 14.3 Å². The molecule has 1 aromatic rings. The molecule has 0 spiro atoms. The number of nitrogens with one attached hydrogen (secondary N) is 1. The number of rotatable bonds is 4. The normalized spacial score (nSPS) is 29.1. The van der Waals surface area contributed by atoms with Crippen LogP contribution in [0.1, 0.15) is 38.3 Å². The zero-order valence-electron chi connectivity index (χ0n) is 12.2. The molecule has 4 nitrogen and oxygen atoms in total. The second kappa shape index (κ2) is 5.75. The molecule has 4 heteroatoms. The van der Waals surface area contributed by atoms with Gasteiger partial charge >= 0.3 is 5.97 Å². The zero-order chi connectivity index (χ0) is 14.8. The lowest BCUT2D eigenvalue weighted by molar-refractivity contribution is -0.147. The smallest absolute Gasteiger partial charge is 0.325 e. The van der Waals surface area contributed by atoms with E-state index in [4.69, 9.17) is 4.74 Å². The third-order valence-electron chi connectivity index (χ3n) is 4.06. The summed E-state index contributed by atoms with van der Waals surface area (Å²) in [6.07, 6.45) is 0.957. The van der Waals surface area contributed by atoms with Crippen LogP contribution in [0.3, 0.4) is 0 Å². The Morgan fingerprint density at radius 1 is 1.35 bits per heavy atom. The molecule has 1 aliphatic heterocycles. The predicted octanol–water partition coefficient (Wildman–Crippen LogP) is 2.25. The number of carbonyl (C=O) groups is 2. The van der Waals surface area contributed by atoms with Gasteiger partial charge in [0.2, 0.25) is 0 Å². The molecule has 1 saturated heterocycles. The van der Waals surface area contributed by atoms with E-state index < -0.39 is 5.54 Å². The summed E-state index contributed by atoms with van der Waals surface area (Å²) in [6.45, 7) is 3.66. The topological polar surface area (TPSA) is 55.4 Å². The Balaban J connectivity index is 2.33. The molecule has 1 aromatic carbocycles. The van der Waals surface area contributed by atoms with Crippen molar-refractivity contribution in [1.82, 2.24) is 5.32 Å². The highest BCUT2D eigenvalue weighted by molar-refractivity contribution is 5.86. The molecule has 20 heavy (non-hydrogen) atoms. The fraction of sp³-hybridized carbons (Fsp3) is 0.500. The predicted molar refractivity (Wildman–Crippen MR) is 76.1 cm³/mol.